The first-order chi connectivity index (χ1) is 3.27. The maximum atomic E-state index is 3.63. The lowest BCUT2D eigenvalue weighted by Gasteiger charge is -1.94. The Morgan fingerprint density at radius 1 is 1.86 bits per heavy atom. The monoisotopic (exact) mass is 210 g/mol. The van der Waals surface area contributed by atoms with Gasteiger partial charge in [0.15, 0.2) is 0 Å². The van der Waals surface area contributed by atoms with Crippen molar-refractivity contribution >= 4 is 22.6 Å². The molecule has 0 saturated heterocycles. The average Bonchev–Trinajstić information content (AvgIpc) is 1.61. The fourth-order valence-electron chi connectivity index (χ4n) is 0.348. The van der Waals surface area contributed by atoms with Crippen molar-refractivity contribution in [2.45, 2.75) is 23.7 Å². The molecular weight excluding hydrogens is 199 g/mol. The highest BCUT2D eigenvalue weighted by Gasteiger charge is 1.89. The smallest absolute Gasteiger partial charge is 0.00842 e. The van der Waals surface area contributed by atoms with Gasteiger partial charge in [-0.2, -0.15) is 0 Å². The van der Waals surface area contributed by atoms with E-state index >= 15 is 0 Å². The quantitative estimate of drug-likeness (QED) is 0.381. The van der Waals surface area contributed by atoms with Crippen LogP contribution in [-0.2, 0) is 0 Å². The fourth-order valence-corrected chi connectivity index (χ4v) is 0.707. The van der Waals surface area contributed by atoms with Gasteiger partial charge in [0.05, 0.1) is 0 Å². The van der Waals surface area contributed by atoms with Crippen molar-refractivity contribution in [3.63, 3.8) is 0 Å². The van der Waals surface area contributed by atoms with Crippen molar-refractivity contribution in [2.24, 2.45) is 0 Å². The molecule has 0 aromatic rings. The summed E-state index contributed by atoms with van der Waals surface area (Å²) in [6.07, 6.45) is 4.39. The van der Waals surface area contributed by atoms with E-state index in [4.69, 9.17) is 0 Å². The second-order valence-electron chi connectivity index (χ2n) is 1.65. The normalized spacial score (nSPS) is 13.4. The van der Waals surface area contributed by atoms with Gasteiger partial charge in [-0.3, -0.25) is 0 Å². The molecule has 0 heterocycles. The number of rotatable bonds is 3. The van der Waals surface area contributed by atoms with Gasteiger partial charge in [-0.15, -0.1) is 6.58 Å². The van der Waals surface area contributed by atoms with Crippen molar-refractivity contribution in [3.8, 4) is 0 Å². The van der Waals surface area contributed by atoms with Gasteiger partial charge in [0.2, 0.25) is 0 Å². The third kappa shape index (κ3) is 6.47. The molecule has 0 rings (SSSR count). The molecule has 0 radical (unpaired) electrons. The number of alkyl halides is 1. The van der Waals surface area contributed by atoms with Crippen LogP contribution in [0.5, 0.6) is 0 Å². The van der Waals surface area contributed by atoms with E-state index in [1.54, 1.807) is 0 Å². The zero-order valence-corrected chi connectivity index (χ0v) is 6.81. The molecule has 42 valence electrons. The average molecular weight is 210 g/mol. The van der Waals surface area contributed by atoms with Crippen LogP contribution in [0.4, 0.5) is 0 Å². The predicted molar refractivity (Wildman–Crippen MR) is 42.9 cm³/mol. The summed E-state index contributed by atoms with van der Waals surface area (Å²) in [5, 5.41) is 0. The summed E-state index contributed by atoms with van der Waals surface area (Å²) >= 11 is 2.42. The first-order valence-corrected chi connectivity index (χ1v) is 3.77. The van der Waals surface area contributed by atoms with Gasteiger partial charge >= 0.3 is 0 Å². The SMILES string of the molecule is C=CCCC(C)I. The second-order valence-corrected chi connectivity index (χ2v) is 3.77. The minimum absolute atomic E-state index is 0.801. The molecule has 0 fully saturated rings. The van der Waals surface area contributed by atoms with Gasteiger partial charge in [-0.1, -0.05) is 35.6 Å². The van der Waals surface area contributed by atoms with Crippen LogP contribution >= 0.6 is 22.6 Å². The Bertz CT molecular complexity index is 48.1. The third-order valence-electron chi connectivity index (χ3n) is 0.769. The number of halogens is 1. The summed E-state index contributed by atoms with van der Waals surface area (Å²) in [4.78, 5) is 0. The maximum absolute atomic E-state index is 3.63. The first-order valence-electron chi connectivity index (χ1n) is 2.52. The first kappa shape index (κ1) is 7.47. The topological polar surface area (TPSA) is 0 Å². The fraction of sp³-hybridized carbons (Fsp3) is 0.667. The van der Waals surface area contributed by atoms with Crippen molar-refractivity contribution in [1.29, 1.82) is 0 Å². The zero-order chi connectivity index (χ0) is 5.70. The van der Waals surface area contributed by atoms with E-state index in [0.717, 1.165) is 10.3 Å². The van der Waals surface area contributed by atoms with E-state index in [1.165, 1.54) is 6.42 Å². The molecule has 0 aliphatic heterocycles. The molecule has 0 nitrogen and oxygen atoms in total. The van der Waals surface area contributed by atoms with E-state index in [2.05, 4.69) is 36.1 Å². The van der Waals surface area contributed by atoms with Crippen LogP contribution in [0.25, 0.3) is 0 Å². The lowest BCUT2D eigenvalue weighted by molar-refractivity contribution is 0.858. The Morgan fingerprint density at radius 3 is 2.57 bits per heavy atom. The van der Waals surface area contributed by atoms with Gasteiger partial charge < -0.3 is 0 Å². The molecule has 0 aromatic heterocycles. The number of allylic oxidation sites excluding steroid dienone is 1. The van der Waals surface area contributed by atoms with Crippen LogP contribution < -0.4 is 0 Å². The van der Waals surface area contributed by atoms with Crippen LogP contribution in [0.1, 0.15) is 19.8 Å². The minimum Gasteiger partial charge on any atom is -0.103 e. The molecule has 1 unspecified atom stereocenters. The Labute approximate surface area is 59.1 Å². The summed E-state index contributed by atoms with van der Waals surface area (Å²) in [7, 11) is 0. The Balaban J connectivity index is 2.81. The van der Waals surface area contributed by atoms with Gasteiger partial charge in [0.1, 0.15) is 0 Å². The van der Waals surface area contributed by atoms with E-state index < -0.39 is 0 Å². The Kier molecular flexibility index (Phi) is 4.94. The van der Waals surface area contributed by atoms with Crippen molar-refractivity contribution < 1.29 is 0 Å². The lowest BCUT2D eigenvalue weighted by atomic mass is 10.2. The van der Waals surface area contributed by atoms with Crippen LogP contribution in [0.2, 0.25) is 0 Å². The zero-order valence-electron chi connectivity index (χ0n) is 4.65. The van der Waals surface area contributed by atoms with Gasteiger partial charge in [-0.05, 0) is 12.8 Å². The Morgan fingerprint density at radius 2 is 2.43 bits per heavy atom. The summed E-state index contributed by atoms with van der Waals surface area (Å²) < 4.78 is 0.801. The molecule has 1 heteroatoms. The van der Waals surface area contributed by atoms with Gasteiger partial charge in [0.25, 0.3) is 0 Å². The molecule has 0 N–H and O–H groups in total. The summed E-state index contributed by atoms with van der Waals surface area (Å²) in [5.41, 5.74) is 0. The third-order valence-corrected chi connectivity index (χ3v) is 1.39. The minimum atomic E-state index is 0.801. The second kappa shape index (κ2) is 4.62. The van der Waals surface area contributed by atoms with E-state index in [9.17, 15) is 0 Å². The van der Waals surface area contributed by atoms with Crippen LogP contribution in [0.15, 0.2) is 12.7 Å². The molecular formula is C6H11I. The van der Waals surface area contributed by atoms with E-state index in [0.29, 0.717) is 0 Å². The van der Waals surface area contributed by atoms with Crippen molar-refractivity contribution in [2.75, 3.05) is 0 Å². The maximum Gasteiger partial charge on any atom is 0.00842 e. The lowest BCUT2D eigenvalue weighted by Crippen LogP contribution is -1.85. The molecule has 7 heavy (non-hydrogen) atoms. The Hall–Kier alpha value is 0.470. The molecule has 0 aliphatic rings. The van der Waals surface area contributed by atoms with Crippen molar-refractivity contribution in [3.05, 3.63) is 12.7 Å². The van der Waals surface area contributed by atoms with Crippen LogP contribution in [0, 0.1) is 0 Å². The largest absolute Gasteiger partial charge is 0.103 e. The molecule has 0 spiro atoms. The predicted octanol–water partition coefficient (Wildman–Crippen LogP) is 2.78. The standard InChI is InChI=1S/C6H11I/c1-3-4-5-6(2)7/h3,6H,1,4-5H2,2H3. The molecule has 0 bridgehead atoms. The van der Waals surface area contributed by atoms with E-state index in [1.807, 2.05) is 6.08 Å². The molecule has 1 atom stereocenters. The van der Waals surface area contributed by atoms with Gasteiger partial charge in [0, 0.05) is 3.92 Å². The van der Waals surface area contributed by atoms with Gasteiger partial charge in [-0.25, -0.2) is 0 Å². The van der Waals surface area contributed by atoms with Crippen molar-refractivity contribution in [1.82, 2.24) is 0 Å². The number of hydrogen-bond acceptors (Lipinski definition) is 0. The van der Waals surface area contributed by atoms with E-state index in [-0.39, 0.29) is 0 Å². The van der Waals surface area contributed by atoms with Crippen LogP contribution in [0.3, 0.4) is 0 Å². The highest BCUT2D eigenvalue weighted by atomic mass is 127. The highest BCUT2D eigenvalue weighted by molar-refractivity contribution is 14.1. The highest BCUT2D eigenvalue weighted by Crippen LogP contribution is 2.06. The summed E-state index contributed by atoms with van der Waals surface area (Å²) in [6, 6.07) is 0. The summed E-state index contributed by atoms with van der Waals surface area (Å²) in [5.74, 6) is 0. The van der Waals surface area contributed by atoms with Crippen LogP contribution in [-0.4, -0.2) is 3.92 Å². The summed E-state index contributed by atoms with van der Waals surface area (Å²) in [6.45, 7) is 5.84. The molecule has 0 aliphatic carbocycles. The molecule has 0 amide bonds. The molecule has 0 aromatic carbocycles. The number of hydrogen-bond donors (Lipinski definition) is 0. The molecule has 0 saturated carbocycles.